The van der Waals surface area contributed by atoms with Gasteiger partial charge in [0, 0.05) is 38.5 Å². The Hall–Kier alpha value is -1.20. The van der Waals surface area contributed by atoms with E-state index in [0.29, 0.717) is 0 Å². The molecule has 1 aliphatic rings. The smallest absolute Gasteiger partial charge is 0.191 e. The van der Waals surface area contributed by atoms with Crippen molar-refractivity contribution in [3.8, 4) is 0 Å². The van der Waals surface area contributed by atoms with Gasteiger partial charge in [-0.25, -0.2) is 0 Å². The highest BCUT2D eigenvalue weighted by Crippen LogP contribution is 2.25. The number of likely N-dealkylation sites (N-methyl/N-ethyl adjacent to an activating group) is 1. The molecule has 0 aromatic heterocycles. The molecule has 1 unspecified atom stereocenters. The van der Waals surface area contributed by atoms with Crippen LogP contribution in [0.25, 0.3) is 0 Å². The zero-order valence-electron chi connectivity index (χ0n) is 13.7. The first-order chi connectivity index (χ1) is 10.8. The predicted octanol–water partition coefficient (Wildman–Crippen LogP) is 2.18. The number of rotatable bonds is 7. The van der Waals surface area contributed by atoms with Crippen LogP contribution in [0.4, 0.5) is 0 Å². The highest BCUT2D eigenvalue weighted by molar-refractivity contribution is 8.00. The van der Waals surface area contributed by atoms with Crippen LogP contribution in [-0.2, 0) is 6.54 Å². The van der Waals surface area contributed by atoms with Gasteiger partial charge in [0.15, 0.2) is 5.96 Å². The Morgan fingerprint density at radius 3 is 2.82 bits per heavy atom. The molecule has 4 nitrogen and oxygen atoms in total. The Kier molecular flexibility index (Phi) is 7.60. The molecule has 22 heavy (non-hydrogen) atoms. The normalized spacial score (nSPS) is 18.7. The summed E-state index contributed by atoms with van der Waals surface area (Å²) in [5.41, 5.74) is 1.35. The number of thioether (sulfide) groups is 1. The van der Waals surface area contributed by atoms with Gasteiger partial charge in [0.05, 0.1) is 0 Å². The first kappa shape index (κ1) is 17.2. The summed E-state index contributed by atoms with van der Waals surface area (Å²) < 4.78 is 0. The molecule has 2 N–H and O–H groups in total. The van der Waals surface area contributed by atoms with Crippen molar-refractivity contribution >= 4 is 17.7 Å². The van der Waals surface area contributed by atoms with E-state index in [1.807, 2.05) is 7.05 Å². The molecular weight excluding hydrogens is 292 g/mol. The van der Waals surface area contributed by atoms with E-state index in [9.17, 15) is 0 Å². The third kappa shape index (κ3) is 6.28. The summed E-state index contributed by atoms with van der Waals surface area (Å²) >= 11 is 2.07. The summed E-state index contributed by atoms with van der Waals surface area (Å²) in [5.74, 6) is 2.23. The van der Waals surface area contributed by atoms with Crippen LogP contribution in [0.3, 0.4) is 0 Å². The number of guanidine groups is 1. The minimum Gasteiger partial charge on any atom is -0.355 e. The Balaban J connectivity index is 1.61. The maximum Gasteiger partial charge on any atom is 0.191 e. The van der Waals surface area contributed by atoms with E-state index >= 15 is 0 Å². The molecule has 1 saturated heterocycles. The van der Waals surface area contributed by atoms with Gasteiger partial charge >= 0.3 is 0 Å². The van der Waals surface area contributed by atoms with Gasteiger partial charge in [-0.3, -0.25) is 4.99 Å². The molecule has 0 bridgehead atoms. The highest BCUT2D eigenvalue weighted by Gasteiger charge is 2.15. The van der Waals surface area contributed by atoms with Crippen molar-refractivity contribution in [2.24, 2.45) is 4.99 Å². The fraction of sp³-hybridized carbons (Fsp3) is 0.588. The molecular formula is C17H28N4S. The van der Waals surface area contributed by atoms with Crippen molar-refractivity contribution in [2.75, 3.05) is 39.5 Å². The zero-order valence-corrected chi connectivity index (χ0v) is 14.5. The van der Waals surface area contributed by atoms with E-state index in [1.54, 1.807) is 0 Å². The van der Waals surface area contributed by atoms with E-state index in [0.717, 1.165) is 37.4 Å². The highest BCUT2D eigenvalue weighted by atomic mass is 32.2. The number of benzene rings is 1. The summed E-state index contributed by atoms with van der Waals surface area (Å²) in [4.78, 5) is 6.62. The second-order valence-electron chi connectivity index (χ2n) is 5.74. The molecule has 5 heteroatoms. The number of aliphatic imine (C=N–C) groups is 1. The van der Waals surface area contributed by atoms with Crippen LogP contribution >= 0.6 is 11.8 Å². The van der Waals surface area contributed by atoms with Crippen LogP contribution in [-0.4, -0.2) is 55.6 Å². The molecule has 0 amide bonds. The lowest BCUT2D eigenvalue weighted by molar-refractivity contribution is 0.331. The average molecular weight is 321 g/mol. The van der Waals surface area contributed by atoms with Gasteiger partial charge in [-0.1, -0.05) is 30.3 Å². The monoisotopic (exact) mass is 320 g/mol. The maximum absolute atomic E-state index is 4.30. The second kappa shape index (κ2) is 9.74. The largest absolute Gasteiger partial charge is 0.355 e. The molecule has 122 valence electrons. The van der Waals surface area contributed by atoms with Gasteiger partial charge < -0.3 is 15.5 Å². The van der Waals surface area contributed by atoms with Crippen LogP contribution in [0.5, 0.6) is 0 Å². The molecule has 0 radical (unpaired) electrons. The molecule has 1 aliphatic heterocycles. The van der Waals surface area contributed by atoms with Gasteiger partial charge in [-0.15, -0.1) is 0 Å². The van der Waals surface area contributed by atoms with Crippen molar-refractivity contribution in [1.82, 2.24) is 15.5 Å². The van der Waals surface area contributed by atoms with E-state index in [1.165, 1.54) is 24.2 Å². The fourth-order valence-corrected chi connectivity index (χ4v) is 3.78. The molecule has 0 aliphatic carbocycles. The van der Waals surface area contributed by atoms with Crippen LogP contribution in [0.15, 0.2) is 35.3 Å². The van der Waals surface area contributed by atoms with Crippen LogP contribution < -0.4 is 10.6 Å². The standard InChI is InChI=1S/C17H28N4S/c1-18-17(20-13-16-9-6-12-22-16)19-10-11-21(2)14-15-7-4-3-5-8-15/h3-5,7-8,16H,6,9-14H2,1-2H3,(H2,18,19,20). The summed E-state index contributed by atoms with van der Waals surface area (Å²) in [5, 5.41) is 7.58. The van der Waals surface area contributed by atoms with E-state index in [2.05, 4.69) is 69.7 Å². The van der Waals surface area contributed by atoms with Gasteiger partial charge in [-0.05, 0) is 31.2 Å². The summed E-state index contributed by atoms with van der Waals surface area (Å²) in [7, 11) is 3.99. The molecule has 1 fully saturated rings. The Bertz CT molecular complexity index is 443. The van der Waals surface area contributed by atoms with Crippen molar-refractivity contribution in [3.05, 3.63) is 35.9 Å². The first-order valence-electron chi connectivity index (χ1n) is 8.06. The van der Waals surface area contributed by atoms with E-state index in [4.69, 9.17) is 0 Å². The Morgan fingerprint density at radius 1 is 1.32 bits per heavy atom. The quantitative estimate of drug-likeness (QED) is 0.597. The molecule has 1 aromatic rings. The lowest BCUT2D eigenvalue weighted by atomic mass is 10.2. The molecule has 0 saturated carbocycles. The Morgan fingerprint density at radius 2 is 2.14 bits per heavy atom. The third-order valence-electron chi connectivity index (χ3n) is 3.83. The van der Waals surface area contributed by atoms with Gasteiger partial charge in [0.1, 0.15) is 0 Å². The number of nitrogens with one attached hydrogen (secondary N) is 2. The molecule has 1 aromatic carbocycles. The molecule has 1 heterocycles. The summed E-state index contributed by atoms with van der Waals surface area (Å²) in [6.07, 6.45) is 2.68. The first-order valence-corrected chi connectivity index (χ1v) is 9.11. The SMILES string of the molecule is CN=C(NCCN(C)Cc1ccccc1)NCC1CCCS1. The van der Waals surface area contributed by atoms with Crippen molar-refractivity contribution < 1.29 is 0 Å². The minimum absolute atomic E-state index is 0.749. The van der Waals surface area contributed by atoms with Gasteiger partial charge in [0.2, 0.25) is 0 Å². The lowest BCUT2D eigenvalue weighted by Crippen LogP contribution is -2.42. The number of hydrogen-bond donors (Lipinski definition) is 2. The van der Waals surface area contributed by atoms with Crippen LogP contribution in [0.1, 0.15) is 18.4 Å². The van der Waals surface area contributed by atoms with Crippen LogP contribution in [0.2, 0.25) is 0 Å². The third-order valence-corrected chi connectivity index (χ3v) is 5.22. The second-order valence-corrected chi connectivity index (χ2v) is 7.15. The zero-order chi connectivity index (χ0) is 15.6. The summed E-state index contributed by atoms with van der Waals surface area (Å²) in [6, 6.07) is 10.6. The maximum atomic E-state index is 4.30. The average Bonchev–Trinajstić information content (AvgIpc) is 3.05. The fourth-order valence-electron chi connectivity index (χ4n) is 2.58. The van der Waals surface area contributed by atoms with Crippen molar-refractivity contribution in [3.63, 3.8) is 0 Å². The van der Waals surface area contributed by atoms with Crippen LogP contribution in [0, 0.1) is 0 Å². The van der Waals surface area contributed by atoms with Gasteiger partial charge in [0.25, 0.3) is 0 Å². The topological polar surface area (TPSA) is 39.7 Å². The Labute approximate surface area is 138 Å². The molecule has 0 spiro atoms. The lowest BCUT2D eigenvalue weighted by Gasteiger charge is -2.19. The van der Waals surface area contributed by atoms with E-state index in [-0.39, 0.29) is 0 Å². The van der Waals surface area contributed by atoms with Crippen molar-refractivity contribution in [2.45, 2.75) is 24.6 Å². The summed E-state index contributed by atoms with van der Waals surface area (Å²) in [6.45, 7) is 3.89. The minimum atomic E-state index is 0.749. The number of nitrogens with zero attached hydrogens (tertiary/aromatic N) is 2. The van der Waals surface area contributed by atoms with E-state index < -0.39 is 0 Å². The molecule has 1 atom stereocenters. The predicted molar refractivity (Wildman–Crippen MR) is 97.6 cm³/mol. The number of hydrogen-bond acceptors (Lipinski definition) is 3. The van der Waals surface area contributed by atoms with Crippen molar-refractivity contribution in [1.29, 1.82) is 0 Å². The van der Waals surface area contributed by atoms with Gasteiger partial charge in [-0.2, -0.15) is 11.8 Å². The molecule has 2 rings (SSSR count).